The Balaban J connectivity index is 2.67. The van der Waals surface area contributed by atoms with E-state index in [2.05, 4.69) is 10.1 Å². The number of aromatic hydroxyl groups is 1. The molecule has 0 fully saturated rings. The van der Waals surface area contributed by atoms with E-state index in [-0.39, 0.29) is 30.1 Å². The summed E-state index contributed by atoms with van der Waals surface area (Å²) in [5.41, 5.74) is 0.949. The van der Waals surface area contributed by atoms with Crippen molar-refractivity contribution in [3.8, 4) is 11.5 Å². The van der Waals surface area contributed by atoms with Crippen molar-refractivity contribution >= 4 is 11.9 Å². The zero-order chi connectivity index (χ0) is 15.8. The molecule has 0 spiro atoms. The van der Waals surface area contributed by atoms with E-state index in [9.17, 15) is 14.7 Å². The number of rotatable bonds is 7. The van der Waals surface area contributed by atoms with Crippen molar-refractivity contribution in [2.45, 2.75) is 32.2 Å². The monoisotopic (exact) mass is 295 g/mol. The minimum absolute atomic E-state index is 0.0780. The molecule has 116 valence electrons. The third-order valence-corrected chi connectivity index (χ3v) is 3.07. The lowest BCUT2D eigenvalue weighted by molar-refractivity contribution is -0.141. The number of hydrogen-bond acceptors (Lipinski definition) is 5. The number of amides is 1. The largest absolute Gasteiger partial charge is 0.504 e. The molecule has 1 amide bonds. The van der Waals surface area contributed by atoms with Gasteiger partial charge in [-0.3, -0.25) is 9.59 Å². The second-order valence-electron chi connectivity index (χ2n) is 4.72. The molecule has 0 aliphatic heterocycles. The molecular weight excluding hydrogens is 274 g/mol. The number of phenolic OH excluding ortho intramolecular Hbond substituents is 1. The van der Waals surface area contributed by atoms with E-state index in [1.54, 1.807) is 18.2 Å². The van der Waals surface area contributed by atoms with Crippen LogP contribution in [0.2, 0.25) is 0 Å². The SMILES string of the molecule is COC(=O)CC(CCc1ccc(O)c(OC)c1)NC(C)=O. The molecule has 6 nitrogen and oxygen atoms in total. The molecular formula is C15H21NO5. The van der Waals surface area contributed by atoms with Crippen molar-refractivity contribution < 1.29 is 24.2 Å². The normalized spacial score (nSPS) is 11.6. The van der Waals surface area contributed by atoms with E-state index >= 15 is 0 Å². The summed E-state index contributed by atoms with van der Waals surface area (Å²) in [6, 6.07) is 4.79. The predicted octanol–water partition coefficient (Wildman–Crippen LogP) is 1.40. The number of methoxy groups -OCH3 is 2. The molecule has 21 heavy (non-hydrogen) atoms. The van der Waals surface area contributed by atoms with Crippen molar-refractivity contribution in [2.24, 2.45) is 0 Å². The van der Waals surface area contributed by atoms with Crippen LogP contribution in [0.15, 0.2) is 18.2 Å². The van der Waals surface area contributed by atoms with Gasteiger partial charge in [0.15, 0.2) is 11.5 Å². The van der Waals surface area contributed by atoms with Crippen LogP contribution in [0, 0.1) is 0 Å². The molecule has 1 aromatic carbocycles. The highest BCUT2D eigenvalue weighted by Crippen LogP contribution is 2.26. The highest BCUT2D eigenvalue weighted by molar-refractivity contribution is 5.75. The van der Waals surface area contributed by atoms with Crippen LogP contribution in [0.3, 0.4) is 0 Å². The summed E-state index contributed by atoms with van der Waals surface area (Å²) >= 11 is 0. The maximum atomic E-state index is 11.3. The molecule has 0 bridgehead atoms. The Morgan fingerprint density at radius 2 is 2.05 bits per heavy atom. The van der Waals surface area contributed by atoms with Crippen LogP contribution in [0.5, 0.6) is 11.5 Å². The number of ether oxygens (including phenoxy) is 2. The zero-order valence-electron chi connectivity index (χ0n) is 12.5. The first kappa shape index (κ1) is 16.8. The van der Waals surface area contributed by atoms with Crippen molar-refractivity contribution in [2.75, 3.05) is 14.2 Å². The average molecular weight is 295 g/mol. The first-order chi connectivity index (χ1) is 9.96. The van der Waals surface area contributed by atoms with Crippen molar-refractivity contribution in [1.29, 1.82) is 0 Å². The van der Waals surface area contributed by atoms with Gasteiger partial charge in [-0.25, -0.2) is 0 Å². The van der Waals surface area contributed by atoms with E-state index in [4.69, 9.17) is 4.74 Å². The fourth-order valence-corrected chi connectivity index (χ4v) is 2.02. The van der Waals surface area contributed by atoms with Gasteiger partial charge in [-0.05, 0) is 30.5 Å². The van der Waals surface area contributed by atoms with E-state index in [1.807, 2.05) is 0 Å². The molecule has 0 saturated heterocycles. The first-order valence-electron chi connectivity index (χ1n) is 6.66. The molecule has 0 aliphatic carbocycles. The molecule has 2 N–H and O–H groups in total. The van der Waals surface area contributed by atoms with Crippen LogP contribution >= 0.6 is 0 Å². The van der Waals surface area contributed by atoms with Crippen LogP contribution in [0.4, 0.5) is 0 Å². The van der Waals surface area contributed by atoms with Crippen LogP contribution in [0.25, 0.3) is 0 Å². The molecule has 0 radical (unpaired) electrons. The van der Waals surface area contributed by atoms with Gasteiger partial charge in [-0.2, -0.15) is 0 Å². The van der Waals surface area contributed by atoms with Crippen molar-refractivity contribution in [3.05, 3.63) is 23.8 Å². The van der Waals surface area contributed by atoms with Gasteiger partial charge in [0.2, 0.25) is 5.91 Å². The van der Waals surface area contributed by atoms with E-state index in [0.717, 1.165) is 5.56 Å². The van der Waals surface area contributed by atoms with Gasteiger partial charge in [0.25, 0.3) is 0 Å². The Morgan fingerprint density at radius 1 is 1.33 bits per heavy atom. The highest BCUT2D eigenvalue weighted by atomic mass is 16.5. The smallest absolute Gasteiger partial charge is 0.307 e. The van der Waals surface area contributed by atoms with Gasteiger partial charge < -0.3 is 19.9 Å². The van der Waals surface area contributed by atoms with Crippen LogP contribution in [-0.2, 0) is 20.7 Å². The van der Waals surface area contributed by atoms with Crippen molar-refractivity contribution in [1.82, 2.24) is 5.32 Å². The Bertz CT molecular complexity index is 501. The summed E-state index contributed by atoms with van der Waals surface area (Å²) in [6.07, 6.45) is 1.35. The summed E-state index contributed by atoms with van der Waals surface area (Å²) in [4.78, 5) is 22.5. The highest BCUT2D eigenvalue weighted by Gasteiger charge is 2.15. The second kappa shape index (κ2) is 8.14. The molecule has 6 heteroatoms. The van der Waals surface area contributed by atoms with Gasteiger partial charge >= 0.3 is 5.97 Å². The van der Waals surface area contributed by atoms with E-state index in [0.29, 0.717) is 18.6 Å². The Kier molecular flexibility index (Phi) is 6.52. The maximum absolute atomic E-state index is 11.3. The van der Waals surface area contributed by atoms with Gasteiger partial charge in [-0.15, -0.1) is 0 Å². The molecule has 0 aliphatic rings. The number of hydrogen-bond donors (Lipinski definition) is 2. The molecule has 1 rings (SSSR count). The molecule has 1 aromatic rings. The third-order valence-electron chi connectivity index (χ3n) is 3.07. The Hall–Kier alpha value is -2.24. The van der Waals surface area contributed by atoms with Crippen LogP contribution in [-0.4, -0.2) is 37.2 Å². The quantitative estimate of drug-likeness (QED) is 0.743. The number of phenols is 1. The van der Waals surface area contributed by atoms with Crippen LogP contribution in [0.1, 0.15) is 25.3 Å². The van der Waals surface area contributed by atoms with E-state index in [1.165, 1.54) is 21.1 Å². The first-order valence-corrected chi connectivity index (χ1v) is 6.66. The zero-order valence-corrected chi connectivity index (χ0v) is 12.5. The fraction of sp³-hybridized carbons (Fsp3) is 0.467. The van der Waals surface area contributed by atoms with Crippen molar-refractivity contribution in [3.63, 3.8) is 0 Å². The number of carbonyl (C=O) groups is 2. The van der Waals surface area contributed by atoms with Gasteiger partial charge in [0.05, 0.1) is 20.6 Å². The average Bonchev–Trinajstić information content (AvgIpc) is 2.45. The van der Waals surface area contributed by atoms with Gasteiger partial charge in [0, 0.05) is 13.0 Å². The van der Waals surface area contributed by atoms with Crippen LogP contribution < -0.4 is 10.1 Å². The Labute approximate surface area is 124 Å². The third kappa shape index (κ3) is 5.72. The molecule has 0 saturated carbocycles. The molecule has 1 atom stereocenters. The number of benzene rings is 1. The van der Waals surface area contributed by atoms with Gasteiger partial charge in [0.1, 0.15) is 0 Å². The number of carbonyl (C=O) groups excluding carboxylic acids is 2. The minimum Gasteiger partial charge on any atom is -0.504 e. The summed E-state index contributed by atoms with van der Waals surface area (Å²) in [6.45, 7) is 1.41. The van der Waals surface area contributed by atoms with E-state index < -0.39 is 0 Å². The number of aryl methyl sites for hydroxylation is 1. The predicted molar refractivity (Wildman–Crippen MR) is 77.2 cm³/mol. The number of nitrogens with one attached hydrogen (secondary N) is 1. The topological polar surface area (TPSA) is 84.9 Å². The fourth-order valence-electron chi connectivity index (χ4n) is 2.02. The standard InChI is InChI=1S/C15H21NO5/c1-10(17)16-12(9-15(19)21-3)6-4-11-5-7-13(18)14(8-11)20-2/h5,7-8,12,18H,4,6,9H2,1-3H3,(H,16,17). The minimum atomic E-state index is -0.364. The molecule has 0 heterocycles. The van der Waals surface area contributed by atoms with Gasteiger partial charge in [-0.1, -0.05) is 6.07 Å². The summed E-state index contributed by atoms with van der Waals surface area (Å²) < 4.78 is 9.67. The number of esters is 1. The lowest BCUT2D eigenvalue weighted by Gasteiger charge is -2.17. The lowest BCUT2D eigenvalue weighted by Crippen LogP contribution is -2.35. The maximum Gasteiger partial charge on any atom is 0.307 e. The molecule has 0 aromatic heterocycles. The summed E-state index contributed by atoms with van der Waals surface area (Å²) in [5.74, 6) is -0.0741. The molecule has 1 unspecified atom stereocenters. The lowest BCUT2D eigenvalue weighted by atomic mass is 10.0. The summed E-state index contributed by atoms with van der Waals surface area (Å²) in [7, 11) is 2.80. The summed E-state index contributed by atoms with van der Waals surface area (Å²) in [5, 5.41) is 12.3. The Morgan fingerprint density at radius 3 is 2.62 bits per heavy atom. The second-order valence-corrected chi connectivity index (χ2v) is 4.72.